The van der Waals surface area contributed by atoms with Gasteiger partial charge in [0, 0.05) is 0 Å². The fourth-order valence-electron chi connectivity index (χ4n) is 1.32. The minimum absolute atomic E-state index is 0.0897. The number of nitriles is 1. The van der Waals surface area contributed by atoms with E-state index in [0.29, 0.717) is 11.3 Å². The molecule has 17 heavy (non-hydrogen) atoms. The van der Waals surface area contributed by atoms with Crippen molar-refractivity contribution in [3.63, 3.8) is 0 Å². The number of hydrogen-bond donors (Lipinski definition) is 2. The normalized spacial score (nSPS) is 17.2. The summed E-state index contributed by atoms with van der Waals surface area (Å²) in [7, 11) is 0. The van der Waals surface area contributed by atoms with Gasteiger partial charge in [-0.15, -0.1) is 0 Å². The molecule has 6 nitrogen and oxygen atoms in total. The highest BCUT2D eigenvalue weighted by atomic mass is 16.1. The molecule has 0 unspecified atom stereocenters. The van der Waals surface area contributed by atoms with Gasteiger partial charge in [-0.2, -0.15) is 10.3 Å². The van der Waals surface area contributed by atoms with Crippen LogP contribution in [0.5, 0.6) is 0 Å². The second-order valence-corrected chi connectivity index (χ2v) is 3.42. The lowest BCUT2D eigenvalue weighted by molar-refractivity contribution is -0.118. The van der Waals surface area contributed by atoms with Gasteiger partial charge in [0.25, 0.3) is 0 Å². The van der Waals surface area contributed by atoms with E-state index in [4.69, 9.17) is 11.0 Å². The number of guanidine groups is 1. The van der Waals surface area contributed by atoms with E-state index >= 15 is 0 Å². The van der Waals surface area contributed by atoms with E-state index < -0.39 is 0 Å². The van der Waals surface area contributed by atoms with Gasteiger partial charge in [0.05, 0.1) is 23.7 Å². The van der Waals surface area contributed by atoms with Crippen molar-refractivity contribution in [3.8, 4) is 6.07 Å². The number of aliphatic imine (C=N–C) groups is 2. The first kappa shape index (κ1) is 10.8. The SMILES string of the molecule is N#Cc1ccc(N=C2N=C(N)CC(=O)N2)cc1. The van der Waals surface area contributed by atoms with Gasteiger partial charge in [0.2, 0.25) is 11.9 Å². The number of amides is 1. The van der Waals surface area contributed by atoms with E-state index in [0.717, 1.165) is 0 Å². The molecule has 0 aliphatic carbocycles. The van der Waals surface area contributed by atoms with Crippen molar-refractivity contribution in [1.29, 1.82) is 5.26 Å². The summed E-state index contributed by atoms with van der Waals surface area (Å²) >= 11 is 0. The lowest BCUT2D eigenvalue weighted by Gasteiger charge is -2.10. The molecule has 6 heteroatoms. The van der Waals surface area contributed by atoms with Crippen molar-refractivity contribution in [3.05, 3.63) is 29.8 Å². The van der Waals surface area contributed by atoms with Gasteiger partial charge in [0.15, 0.2) is 0 Å². The van der Waals surface area contributed by atoms with Crippen molar-refractivity contribution in [1.82, 2.24) is 5.32 Å². The molecule has 84 valence electrons. The molecule has 0 bridgehead atoms. The van der Waals surface area contributed by atoms with Crippen LogP contribution in [0, 0.1) is 11.3 Å². The predicted molar refractivity (Wildman–Crippen MR) is 62.6 cm³/mol. The number of nitrogens with zero attached hydrogens (tertiary/aromatic N) is 3. The molecule has 1 heterocycles. The summed E-state index contributed by atoms with van der Waals surface area (Å²) in [6, 6.07) is 8.61. The minimum Gasteiger partial charge on any atom is -0.387 e. The van der Waals surface area contributed by atoms with Crippen molar-refractivity contribution >= 4 is 23.4 Å². The van der Waals surface area contributed by atoms with Crippen molar-refractivity contribution in [2.75, 3.05) is 0 Å². The van der Waals surface area contributed by atoms with E-state index in [2.05, 4.69) is 15.3 Å². The molecule has 0 radical (unpaired) electrons. The molecule has 1 aromatic rings. The summed E-state index contributed by atoms with van der Waals surface area (Å²) in [6.07, 6.45) is 0.0897. The maximum atomic E-state index is 11.2. The Morgan fingerprint density at radius 2 is 2.12 bits per heavy atom. The van der Waals surface area contributed by atoms with Crippen LogP contribution < -0.4 is 11.1 Å². The van der Waals surface area contributed by atoms with E-state index in [9.17, 15) is 4.79 Å². The summed E-state index contributed by atoms with van der Waals surface area (Å²) in [6.45, 7) is 0. The molecular formula is C11H9N5O. The average molecular weight is 227 g/mol. The zero-order chi connectivity index (χ0) is 12.3. The van der Waals surface area contributed by atoms with E-state index in [1.807, 2.05) is 6.07 Å². The van der Waals surface area contributed by atoms with Crippen LogP contribution in [0.25, 0.3) is 0 Å². The first-order chi connectivity index (χ1) is 8.17. The molecule has 1 aliphatic rings. The van der Waals surface area contributed by atoms with Crippen LogP contribution in [0.2, 0.25) is 0 Å². The van der Waals surface area contributed by atoms with Gasteiger partial charge in [-0.05, 0) is 24.3 Å². The van der Waals surface area contributed by atoms with Gasteiger partial charge >= 0.3 is 0 Å². The summed E-state index contributed by atoms with van der Waals surface area (Å²) in [5.41, 5.74) is 6.62. The lowest BCUT2D eigenvalue weighted by Crippen LogP contribution is -2.38. The highest BCUT2D eigenvalue weighted by Crippen LogP contribution is 2.13. The van der Waals surface area contributed by atoms with Crippen LogP contribution in [-0.2, 0) is 4.79 Å². The fraction of sp³-hybridized carbons (Fsp3) is 0.0909. The Balaban J connectivity index is 2.27. The second-order valence-electron chi connectivity index (χ2n) is 3.42. The zero-order valence-electron chi connectivity index (χ0n) is 8.84. The minimum atomic E-state index is -0.232. The summed E-state index contributed by atoms with van der Waals surface area (Å²) in [5.74, 6) is 0.175. The number of nitrogens with one attached hydrogen (secondary N) is 1. The van der Waals surface area contributed by atoms with Gasteiger partial charge in [-0.25, -0.2) is 4.99 Å². The van der Waals surface area contributed by atoms with E-state index in [-0.39, 0.29) is 24.1 Å². The molecule has 0 spiro atoms. The quantitative estimate of drug-likeness (QED) is 0.726. The molecular weight excluding hydrogens is 218 g/mol. The summed E-state index contributed by atoms with van der Waals surface area (Å²) < 4.78 is 0. The number of carbonyl (C=O) groups is 1. The number of rotatable bonds is 1. The van der Waals surface area contributed by atoms with Gasteiger partial charge in [-0.3, -0.25) is 10.1 Å². The van der Waals surface area contributed by atoms with Crippen molar-refractivity contribution in [2.45, 2.75) is 6.42 Å². The Morgan fingerprint density at radius 3 is 2.71 bits per heavy atom. The number of hydrogen-bond acceptors (Lipinski definition) is 4. The Morgan fingerprint density at radius 1 is 1.41 bits per heavy atom. The Hall–Kier alpha value is -2.68. The molecule has 1 aliphatic heterocycles. The van der Waals surface area contributed by atoms with Crippen LogP contribution in [0.15, 0.2) is 34.3 Å². The molecule has 0 saturated carbocycles. The molecule has 0 saturated heterocycles. The molecule has 1 aromatic carbocycles. The van der Waals surface area contributed by atoms with Crippen molar-refractivity contribution < 1.29 is 4.79 Å². The maximum absolute atomic E-state index is 11.2. The number of amidine groups is 1. The molecule has 0 atom stereocenters. The zero-order valence-corrected chi connectivity index (χ0v) is 8.84. The standard InChI is InChI=1S/C11H9N5O/c12-6-7-1-3-8(4-2-7)14-11-15-9(13)5-10(17)16-11/h1-4H,5H2,(H3,13,14,15,16,17). The highest BCUT2D eigenvalue weighted by Gasteiger charge is 2.14. The smallest absolute Gasteiger partial charge is 0.234 e. The third-order valence-electron chi connectivity index (χ3n) is 2.07. The fourth-order valence-corrected chi connectivity index (χ4v) is 1.32. The van der Waals surface area contributed by atoms with Crippen LogP contribution >= 0.6 is 0 Å². The Bertz CT molecular complexity index is 550. The predicted octanol–water partition coefficient (Wildman–Crippen LogP) is 0.423. The third-order valence-corrected chi connectivity index (χ3v) is 2.07. The Labute approximate surface area is 97.5 Å². The summed E-state index contributed by atoms with van der Waals surface area (Å²) in [4.78, 5) is 19.2. The van der Waals surface area contributed by atoms with E-state index in [1.54, 1.807) is 24.3 Å². The highest BCUT2D eigenvalue weighted by molar-refractivity contribution is 6.14. The summed E-state index contributed by atoms with van der Waals surface area (Å²) in [5, 5.41) is 11.1. The van der Waals surface area contributed by atoms with Crippen LogP contribution in [0.1, 0.15) is 12.0 Å². The molecule has 0 fully saturated rings. The monoisotopic (exact) mass is 227 g/mol. The maximum Gasteiger partial charge on any atom is 0.234 e. The average Bonchev–Trinajstić information content (AvgIpc) is 2.28. The van der Waals surface area contributed by atoms with Gasteiger partial charge < -0.3 is 5.73 Å². The topological polar surface area (TPSA) is 104 Å². The molecule has 2 rings (SSSR count). The van der Waals surface area contributed by atoms with Crippen LogP contribution in [0.4, 0.5) is 5.69 Å². The van der Waals surface area contributed by atoms with Gasteiger partial charge in [-0.1, -0.05) is 0 Å². The second kappa shape index (κ2) is 4.45. The molecule has 0 aromatic heterocycles. The largest absolute Gasteiger partial charge is 0.387 e. The first-order valence-electron chi connectivity index (χ1n) is 4.89. The third kappa shape index (κ3) is 2.66. The van der Waals surface area contributed by atoms with E-state index in [1.165, 1.54) is 0 Å². The number of benzene rings is 1. The van der Waals surface area contributed by atoms with Crippen molar-refractivity contribution in [2.24, 2.45) is 15.7 Å². The van der Waals surface area contributed by atoms with Gasteiger partial charge in [0.1, 0.15) is 5.84 Å². The lowest BCUT2D eigenvalue weighted by atomic mass is 10.2. The number of carbonyl (C=O) groups excluding carboxylic acids is 1. The Kier molecular flexibility index (Phi) is 2.83. The van der Waals surface area contributed by atoms with Crippen LogP contribution in [-0.4, -0.2) is 17.7 Å². The number of nitrogens with two attached hydrogens (primary N) is 1. The van der Waals surface area contributed by atoms with Crippen LogP contribution in [0.3, 0.4) is 0 Å². The molecule has 1 amide bonds. The first-order valence-corrected chi connectivity index (χ1v) is 4.89. The molecule has 3 N–H and O–H groups in total.